The largest absolute Gasteiger partial charge is 0.462 e. The minimum Gasteiger partial charge on any atom is -0.462 e. The Hall–Kier alpha value is -2.88. The van der Waals surface area contributed by atoms with E-state index < -0.39 is 0 Å². The maximum Gasteiger partial charge on any atom is 0.338 e. The van der Waals surface area contributed by atoms with Crippen LogP contribution in [0.3, 0.4) is 0 Å². The van der Waals surface area contributed by atoms with E-state index in [0.29, 0.717) is 24.3 Å². The van der Waals surface area contributed by atoms with Gasteiger partial charge in [-0.25, -0.2) is 9.59 Å². The van der Waals surface area contributed by atoms with Crippen LogP contribution in [-0.2, 0) is 9.47 Å². The van der Waals surface area contributed by atoms with Crippen molar-refractivity contribution >= 4 is 33.5 Å². The first-order valence-corrected chi connectivity index (χ1v) is 18.0. The van der Waals surface area contributed by atoms with Crippen LogP contribution in [-0.4, -0.2) is 25.2 Å². The monoisotopic (exact) mass is 602 g/mol. The van der Waals surface area contributed by atoms with Crippen molar-refractivity contribution in [2.24, 2.45) is 0 Å². The molecule has 0 saturated carbocycles. The zero-order chi connectivity index (χ0) is 31.2. The molecule has 0 fully saturated rings. The third kappa shape index (κ3) is 12.3. The van der Waals surface area contributed by atoms with Gasteiger partial charge in [-0.3, -0.25) is 0 Å². The number of hydrogen-bond donors (Lipinski definition) is 0. The smallest absolute Gasteiger partial charge is 0.338 e. The lowest BCUT2D eigenvalue weighted by Crippen LogP contribution is -2.08. The standard InChI is InChI=1S/C40H58O4/c1-3-5-7-9-11-13-15-17-19-21-31-43-39(41)37-27-23-25-33-34-26-24-28-38(36(34)30-29-35(33)37)40(42)44-32-22-20-18-16-14-12-10-8-6-4-2/h23-30H,3-22,31-32H2,1-2H3. The summed E-state index contributed by atoms with van der Waals surface area (Å²) in [4.78, 5) is 26.0. The predicted octanol–water partition coefficient (Wildman–Crippen LogP) is 12.1. The fraction of sp³-hybridized carbons (Fsp3) is 0.600. The summed E-state index contributed by atoms with van der Waals surface area (Å²) in [6, 6.07) is 15.4. The molecular formula is C40H58O4. The van der Waals surface area contributed by atoms with Crippen LogP contribution in [0.4, 0.5) is 0 Å². The van der Waals surface area contributed by atoms with E-state index in [1.165, 1.54) is 103 Å². The minimum absolute atomic E-state index is 0.280. The molecule has 0 saturated heterocycles. The summed E-state index contributed by atoms with van der Waals surface area (Å²) in [6.45, 7) is 5.41. The van der Waals surface area contributed by atoms with Gasteiger partial charge in [0.15, 0.2) is 0 Å². The molecule has 0 amide bonds. The summed E-state index contributed by atoms with van der Waals surface area (Å²) in [5.41, 5.74) is 1.15. The van der Waals surface area contributed by atoms with E-state index in [0.717, 1.165) is 47.2 Å². The van der Waals surface area contributed by atoms with Crippen LogP contribution >= 0.6 is 0 Å². The van der Waals surface area contributed by atoms with Gasteiger partial charge in [-0.1, -0.05) is 166 Å². The predicted molar refractivity (Wildman–Crippen MR) is 186 cm³/mol. The van der Waals surface area contributed by atoms with E-state index in [9.17, 15) is 9.59 Å². The van der Waals surface area contributed by atoms with Crippen molar-refractivity contribution in [1.29, 1.82) is 0 Å². The Morgan fingerprint density at radius 3 is 1.07 bits per heavy atom. The topological polar surface area (TPSA) is 52.6 Å². The first kappa shape index (κ1) is 35.6. The van der Waals surface area contributed by atoms with Gasteiger partial charge in [-0.15, -0.1) is 0 Å². The highest BCUT2D eigenvalue weighted by Crippen LogP contribution is 2.30. The Kier molecular flexibility index (Phi) is 17.6. The van der Waals surface area contributed by atoms with Crippen molar-refractivity contribution in [2.45, 2.75) is 142 Å². The van der Waals surface area contributed by atoms with Crippen LogP contribution in [0.1, 0.15) is 163 Å². The van der Waals surface area contributed by atoms with E-state index in [2.05, 4.69) is 13.8 Å². The number of rotatable bonds is 24. The number of unbranched alkanes of at least 4 members (excludes halogenated alkanes) is 18. The molecule has 0 unspecified atom stereocenters. The molecule has 242 valence electrons. The van der Waals surface area contributed by atoms with Crippen LogP contribution < -0.4 is 0 Å². The van der Waals surface area contributed by atoms with E-state index in [-0.39, 0.29) is 11.9 Å². The van der Waals surface area contributed by atoms with Crippen molar-refractivity contribution in [2.75, 3.05) is 13.2 Å². The van der Waals surface area contributed by atoms with Gasteiger partial charge in [0.05, 0.1) is 24.3 Å². The Morgan fingerprint density at radius 2 is 0.727 bits per heavy atom. The van der Waals surface area contributed by atoms with Gasteiger partial charge in [-0.05, 0) is 46.5 Å². The van der Waals surface area contributed by atoms with Gasteiger partial charge < -0.3 is 9.47 Å². The molecule has 3 aromatic carbocycles. The highest BCUT2D eigenvalue weighted by Gasteiger charge is 2.16. The zero-order valence-electron chi connectivity index (χ0n) is 27.8. The quantitative estimate of drug-likeness (QED) is 0.0581. The summed E-state index contributed by atoms with van der Waals surface area (Å²) in [5, 5.41) is 3.59. The van der Waals surface area contributed by atoms with Crippen LogP contribution in [0.2, 0.25) is 0 Å². The number of ether oxygens (including phenoxy) is 2. The fourth-order valence-corrected chi connectivity index (χ4v) is 6.15. The van der Waals surface area contributed by atoms with E-state index in [4.69, 9.17) is 9.47 Å². The first-order valence-electron chi connectivity index (χ1n) is 18.0. The van der Waals surface area contributed by atoms with Crippen molar-refractivity contribution in [3.63, 3.8) is 0 Å². The first-order chi connectivity index (χ1) is 21.7. The van der Waals surface area contributed by atoms with Crippen molar-refractivity contribution in [3.05, 3.63) is 59.7 Å². The third-order valence-corrected chi connectivity index (χ3v) is 8.82. The SMILES string of the molecule is CCCCCCCCCCCCOC(=O)c1cccc2c1ccc1c(C(=O)OCCCCCCCCCCCC)cccc12. The molecule has 0 N–H and O–H groups in total. The normalized spacial score (nSPS) is 11.3. The Bertz CT molecular complexity index is 1150. The summed E-state index contributed by atoms with van der Waals surface area (Å²) in [5.74, 6) is -0.559. The molecule has 0 aromatic heterocycles. The fourth-order valence-electron chi connectivity index (χ4n) is 6.15. The number of carbonyl (C=O) groups is 2. The summed E-state index contributed by atoms with van der Waals surface area (Å²) < 4.78 is 11.3. The number of carbonyl (C=O) groups excluding carboxylic acids is 2. The van der Waals surface area contributed by atoms with Gasteiger partial charge >= 0.3 is 11.9 Å². The number of fused-ring (bicyclic) bond motifs is 3. The molecule has 0 aliphatic heterocycles. The van der Waals surface area contributed by atoms with Crippen molar-refractivity contribution in [1.82, 2.24) is 0 Å². The average molecular weight is 603 g/mol. The lowest BCUT2D eigenvalue weighted by molar-refractivity contribution is 0.0490. The summed E-state index contributed by atoms with van der Waals surface area (Å²) in [6.07, 6.45) is 25.0. The molecule has 3 aromatic rings. The Morgan fingerprint density at radius 1 is 0.409 bits per heavy atom. The van der Waals surface area contributed by atoms with Gasteiger partial charge in [0.25, 0.3) is 0 Å². The van der Waals surface area contributed by atoms with Gasteiger partial charge in [-0.2, -0.15) is 0 Å². The molecule has 44 heavy (non-hydrogen) atoms. The molecule has 0 atom stereocenters. The zero-order valence-corrected chi connectivity index (χ0v) is 27.8. The third-order valence-electron chi connectivity index (χ3n) is 8.82. The lowest BCUT2D eigenvalue weighted by atomic mass is 9.96. The molecule has 4 heteroatoms. The van der Waals surface area contributed by atoms with Crippen molar-refractivity contribution < 1.29 is 19.1 Å². The molecule has 4 nitrogen and oxygen atoms in total. The average Bonchev–Trinajstić information content (AvgIpc) is 3.05. The summed E-state index contributed by atoms with van der Waals surface area (Å²) >= 11 is 0. The molecule has 0 heterocycles. The van der Waals surface area contributed by atoms with Gasteiger partial charge in [0.1, 0.15) is 0 Å². The molecule has 0 bridgehead atoms. The van der Waals surface area contributed by atoms with E-state index in [1.54, 1.807) is 0 Å². The van der Waals surface area contributed by atoms with Gasteiger partial charge in [0.2, 0.25) is 0 Å². The molecule has 3 rings (SSSR count). The Balaban J connectivity index is 1.45. The number of benzene rings is 3. The van der Waals surface area contributed by atoms with Crippen LogP contribution in [0.15, 0.2) is 48.5 Å². The highest BCUT2D eigenvalue weighted by atomic mass is 16.5. The van der Waals surface area contributed by atoms with Crippen LogP contribution in [0.25, 0.3) is 21.5 Å². The lowest BCUT2D eigenvalue weighted by Gasteiger charge is -2.12. The minimum atomic E-state index is -0.280. The maximum atomic E-state index is 13.0. The molecule has 0 aliphatic carbocycles. The molecule has 0 radical (unpaired) electrons. The Labute approximate surface area is 267 Å². The molecular weight excluding hydrogens is 544 g/mol. The van der Waals surface area contributed by atoms with E-state index in [1.807, 2.05) is 48.5 Å². The van der Waals surface area contributed by atoms with Crippen molar-refractivity contribution in [3.8, 4) is 0 Å². The maximum absolute atomic E-state index is 13.0. The second-order valence-electron chi connectivity index (χ2n) is 12.5. The van der Waals surface area contributed by atoms with Crippen LogP contribution in [0.5, 0.6) is 0 Å². The molecule has 0 spiro atoms. The van der Waals surface area contributed by atoms with Gasteiger partial charge in [0, 0.05) is 0 Å². The molecule has 0 aliphatic rings. The second-order valence-corrected chi connectivity index (χ2v) is 12.5. The summed E-state index contributed by atoms with van der Waals surface area (Å²) in [7, 11) is 0. The highest BCUT2D eigenvalue weighted by molar-refractivity contribution is 6.17. The number of hydrogen-bond acceptors (Lipinski definition) is 4. The number of esters is 2. The van der Waals surface area contributed by atoms with Crippen LogP contribution in [0, 0.1) is 0 Å². The van der Waals surface area contributed by atoms with E-state index >= 15 is 0 Å². The second kappa shape index (κ2) is 21.8.